The van der Waals surface area contributed by atoms with Crippen molar-refractivity contribution < 1.29 is 9.53 Å². The quantitative estimate of drug-likeness (QED) is 0.710. The molecular weight excluding hydrogens is 200 g/mol. The molecule has 1 heterocycles. The maximum atomic E-state index is 12.2. The zero-order chi connectivity index (χ0) is 11.3. The van der Waals surface area contributed by atoms with E-state index in [-0.39, 0.29) is 11.3 Å². The van der Waals surface area contributed by atoms with E-state index in [4.69, 9.17) is 4.74 Å². The van der Waals surface area contributed by atoms with E-state index in [0.717, 1.165) is 12.0 Å². The highest BCUT2D eigenvalue weighted by molar-refractivity contribution is 6.00. The van der Waals surface area contributed by atoms with Crippen LogP contribution in [0.4, 0.5) is 0 Å². The van der Waals surface area contributed by atoms with Crippen LogP contribution in [0.2, 0.25) is 0 Å². The molecule has 84 valence electrons. The van der Waals surface area contributed by atoms with Crippen molar-refractivity contribution in [2.45, 2.75) is 33.5 Å². The second kappa shape index (κ2) is 3.17. The summed E-state index contributed by atoms with van der Waals surface area (Å²) in [7, 11) is 0. The highest BCUT2D eigenvalue weighted by atomic mass is 16.5. The van der Waals surface area contributed by atoms with Gasteiger partial charge in [0.2, 0.25) is 0 Å². The number of benzene rings is 1. The van der Waals surface area contributed by atoms with Crippen molar-refractivity contribution in [1.82, 2.24) is 0 Å². The molecule has 0 saturated heterocycles. The van der Waals surface area contributed by atoms with Crippen LogP contribution in [0.25, 0.3) is 0 Å². The van der Waals surface area contributed by atoms with Crippen LogP contribution in [-0.2, 0) is 18.0 Å². The maximum Gasteiger partial charge on any atom is 0.166 e. The lowest BCUT2D eigenvalue weighted by Gasteiger charge is -2.04. The first-order chi connectivity index (χ1) is 7.58. The average Bonchev–Trinajstić information content (AvgIpc) is 2.72. The Morgan fingerprint density at radius 3 is 2.69 bits per heavy atom. The van der Waals surface area contributed by atoms with E-state index in [0.29, 0.717) is 19.0 Å². The molecule has 2 aliphatic rings. The molecule has 3 rings (SSSR count). The van der Waals surface area contributed by atoms with E-state index >= 15 is 0 Å². The molecule has 1 aliphatic heterocycles. The third kappa shape index (κ3) is 1.49. The highest BCUT2D eigenvalue weighted by Crippen LogP contribution is 2.53. The molecule has 1 atom stereocenters. The number of hydrogen-bond acceptors (Lipinski definition) is 2. The first-order valence-corrected chi connectivity index (χ1v) is 5.82. The van der Waals surface area contributed by atoms with Gasteiger partial charge in [0.25, 0.3) is 0 Å². The van der Waals surface area contributed by atoms with Crippen LogP contribution in [0.1, 0.15) is 41.8 Å². The van der Waals surface area contributed by atoms with Gasteiger partial charge in [-0.1, -0.05) is 26.0 Å². The summed E-state index contributed by atoms with van der Waals surface area (Å²) in [6.45, 7) is 5.67. The fourth-order valence-electron chi connectivity index (χ4n) is 2.44. The molecule has 0 amide bonds. The van der Waals surface area contributed by atoms with E-state index in [9.17, 15) is 4.79 Å². The first kappa shape index (κ1) is 10.0. The van der Waals surface area contributed by atoms with Gasteiger partial charge in [-0.05, 0) is 29.0 Å². The van der Waals surface area contributed by atoms with Crippen LogP contribution < -0.4 is 0 Å². The Hall–Kier alpha value is -1.15. The summed E-state index contributed by atoms with van der Waals surface area (Å²) in [5, 5.41) is 0. The molecule has 0 N–H and O–H groups in total. The van der Waals surface area contributed by atoms with Crippen LogP contribution in [0.3, 0.4) is 0 Å². The predicted molar refractivity (Wildman–Crippen MR) is 61.2 cm³/mol. The third-order valence-corrected chi connectivity index (χ3v) is 3.84. The lowest BCUT2D eigenvalue weighted by Crippen LogP contribution is -2.07. The monoisotopic (exact) mass is 216 g/mol. The van der Waals surface area contributed by atoms with E-state index < -0.39 is 0 Å². The van der Waals surface area contributed by atoms with Crippen LogP contribution >= 0.6 is 0 Å². The van der Waals surface area contributed by atoms with Gasteiger partial charge in [-0.25, -0.2) is 0 Å². The van der Waals surface area contributed by atoms with E-state index in [1.165, 1.54) is 11.1 Å². The van der Waals surface area contributed by atoms with Crippen molar-refractivity contribution in [2.24, 2.45) is 11.3 Å². The normalized spacial score (nSPS) is 25.2. The molecule has 1 aromatic carbocycles. The van der Waals surface area contributed by atoms with Crippen LogP contribution in [0.5, 0.6) is 0 Å². The predicted octanol–water partition coefficient (Wildman–Crippen LogP) is 2.95. The molecular formula is C14H16O2. The summed E-state index contributed by atoms with van der Waals surface area (Å²) in [4.78, 5) is 12.2. The van der Waals surface area contributed by atoms with Gasteiger partial charge < -0.3 is 4.74 Å². The lowest BCUT2D eigenvalue weighted by molar-refractivity contribution is 0.0953. The van der Waals surface area contributed by atoms with Gasteiger partial charge in [-0.15, -0.1) is 0 Å². The van der Waals surface area contributed by atoms with E-state index in [1.54, 1.807) is 0 Å². The van der Waals surface area contributed by atoms with Gasteiger partial charge in [0.1, 0.15) is 0 Å². The Kier molecular flexibility index (Phi) is 1.99. The Balaban J connectivity index is 1.88. The highest BCUT2D eigenvalue weighted by Gasteiger charge is 2.50. The van der Waals surface area contributed by atoms with E-state index in [2.05, 4.69) is 13.8 Å². The van der Waals surface area contributed by atoms with Gasteiger partial charge in [0, 0.05) is 11.5 Å². The molecule has 0 bridgehead atoms. The number of carbonyl (C=O) groups excluding carboxylic acids is 1. The number of fused-ring (bicyclic) bond motifs is 1. The Morgan fingerprint density at radius 2 is 2.00 bits per heavy atom. The summed E-state index contributed by atoms with van der Waals surface area (Å²) in [5.74, 6) is 0.535. The fourth-order valence-corrected chi connectivity index (χ4v) is 2.44. The summed E-state index contributed by atoms with van der Waals surface area (Å²) in [5.41, 5.74) is 3.49. The largest absolute Gasteiger partial charge is 0.372 e. The number of ether oxygens (including phenoxy) is 1. The standard InChI is InChI=1S/C14H16O2/c1-14(2)6-12(14)13(15)9-3-4-10-7-16-8-11(10)5-9/h3-5,12H,6-8H2,1-2H3. The molecule has 1 aliphatic carbocycles. The zero-order valence-corrected chi connectivity index (χ0v) is 9.75. The van der Waals surface area contributed by atoms with E-state index in [1.807, 2.05) is 18.2 Å². The van der Waals surface area contributed by atoms with Gasteiger partial charge in [0.15, 0.2) is 5.78 Å². The first-order valence-electron chi connectivity index (χ1n) is 5.82. The number of Topliss-reactive ketones (excluding diaryl/α,β-unsaturated/α-hetero) is 1. The molecule has 0 spiro atoms. The lowest BCUT2D eigenvalue weighted by atomic mass is 9.98. The zero-order valence-electron chi connectivity index (χ0n) is 9.75. The summed E-state index contributed by atoms with van der Waals surface area (Å²) < 4.78 is 5.36. The fraction of sp³-hybridized carbons (Fsp3) is 0.500. The Labute approximate surface area is 95.6 Å². The Bertz CT molecular complexity index is 460. The molecule has 2 heteroatoms. The molecule has 16 heavy (non-hydrogen) atoms. The van der Waals surface area contributed by atoms with Crippen molar-refractivity contribution in [3.63, 3.8) is 0 Å². The van der Waals surface area contributed by atoms with Gasteiger partial charge in [0.05, 0.1) is 13.2 Å². The van der Waals surface area contributed by atoms with Gasteiger partial charge in [-0.3, -0.25) is 4.79 Å². The van der Waals surface area contributed by atoms with Crippen LogP contribution in [0.15, 0.2) is 18.2 Å². The van der Waals surface area contributed by atoms with Crippen LogP contribution in [-0.4, -0.2) is 5.78 Å². The maximum absolute atomic E-state index is 12.2. The summed E-state index contributed by atoms with van der Waals surface area (Å²) in [6, 6.07) is 5.99. The number of ketones is 1. The van der Waals surface area contributed by atoms with Gasteiger partial charge in [-0.2, -0.15) is 0 Å². The molecule has 1 saturated carbocycles. The smallest absolute Gasteiger partial charge is 0.166 e. The summed E-state index contributed by atoms with van der Waals surface area (Å²) >= 11 is 0. The molecule has 1 aromatic rings. The number of carbonyl (C=O) groups is 1. The van der Waals surface area contributed by atoms with Crippen molar-refractivity contribution in [1.29, 1.82) is 0 Å². The van der Waals surface area contributed by atoms with Crippen molar-refractivity contribution in [3.05, 3.63) is 34.9 Å². The van der Waals surface area contributed by atoms with Crippen molar-refractivity contribution in [3.8, 4) is 0 Å². The third-order valence-electron chi connectivity index (χ3n) is 3.84. The SMILES string of the molecule is CC1(C)CC1C(=O)c1ccc2c(c1)COC2. The summed E-state index contributed by atoms with van der Waals surface area (Å²) in [6.07, 6.45) is 1.03. The van der Waals surface area contributed by atoms with Crippen molar-refractivity contribution >= 4 is 5.78 Å². The molecule has 1 fully saturated rings. The van der Waals surface area contributed by atoms with Crippen LogP contribution in [0, 0.1) is 11.3 Å². The molecule has 0 aromatic heterocycles. The molecule has 2 nitrogen and oxygen atoms in total. The van der Waals surface area contributed by atoms with Crippen molar-refractivity contribution in [2.75, 3.05) is 0 Å². The minimum Gasteiger partial charge on any atom is -0.372 e. The number of hydrogen-bond donors (Lipinski definition) is 0. The second-order valence-corrected chi connectivity index (χ2v) is 5.59. The number of rotatable bonds is 2. The minimum atomic E-state index is 0.215. The minimum absolute atomic E-state index is 0.215. The molecule has 1 unspecified atom stereocenters. The average molecular weight is 216 g/mol. The molecule has 0 radical (unpaired) electrons. The Morgan fingerprint density at radius 1 is 1.31 bits per heavy atom. The topological polar surface area (TPSA) is 26.3 Å². The second-order valence-electron chi connectivity index (χ2n) is 5.59. The van der Waals surface area contributed by atoms with Gasteiger partial charge >= 0.3 is 0 Å².